The smallest absolute Gasteiger partial charge is 0.187 e. The normalized spacial score (nSPS) is 17.1. The first kappa shape index (κ1) is 30.7. The molecule has 0 amide bonds. The van der Waals surface area contributed by atoms with Crippen LogP contribution >= 0.6 is 0 Å². The first-order valence-corrected chi connectivity index (χ1v) is 16.6. The molecule has 2 heterocycles. The molecule has 0 atom stereocenters. The minimum Gasteiger partial charge on any atom is -0.252 e. The Bertz CT molecular complexity index is 1660. The van der Waals surface area contributed by atoms with Crippen LogP contribution in [-0.2, 0) is 18.3 Å². The molecule has 4 aromatic rings. The van der Waals surface area contributed by atoms with Gasteiger partial charge in [-0.25, -0.2) is 9.69 Å². The van der Waals surface area contributed by atoms with Crippen molar-refractivity contribution in [1.82, 2.24) is 9.97 Å². The van der Waals surface area contributed by atoms with Crippen LogP contribution in [0.3, 0.4) is 0 Å². The highest BCUT2D eigenvalue weighted by Gasteiger charge is 2.33. The van der Waals surface area contributed by atoms with Crippen LogP contribution in [0.25, 0.3) is 32.2 Å². The van der Waals surface area contributed by atoms with E-state index in [0.29, 0.717) is 22.2 Å². The lowest BCUT2D eigenvalue weighted by atomic mass is 9.78. The summed E-state index contributed by atoms with van der Waals surface area (Å²) in [4.78, 5) is 18.0. The van der Waals surface area contributed by atoms with E-state index in [1.54, 1.807) is 0 Å². The highest BCUT2D eigenvalue weighted by molar-refractivity contribution is 5.68. The standard InChI is InChI=1S/C41H44N4/c1-39(2,37-23-29(27-40(3)17-7-8-18-40)21-35(44-37)31-13-11-15-33(25-31)42-5)38-24-30(28-41(4)19-9-10-20-41)22-36(45-38)32-14-12-16-34(26-32)43-6/h11-16,21-26H,7-10,17-20,27-28H2,1-4H3. The highest BCUT2D eigenvalue weighted by atomic mass is 14.8. The molecule has 2 aliphatic rings. The van der Waals surface area contributed by atoms with E-state index in [1.807, 2.05) is 36.4 Å². The first-order valence-electron chi connectivity index (χ1n) is 16.6. The quantitative estimate of drug-likeness (QED) is 0.191. The van der Waals surface area contributed by atoms with E-state index < -0.39 is 5.41 Å². The molecule has 2 aliphatic carbocycles. The lowest BCUT2D eigenvalue weighted by Crippen LogP contribution is -2.25. The molecule has 6 rings (SSSR count). The molecule has 0 aliphatic heterocycles. The Hall–Kier alpha value is -4.28. The molecule has 4 heteroatoms. The molecule has 2 fully saturated rings. The predicted octanol–water partition coefficient (Wildman–Crippen LogP) is 11.5. The second kappa shape index (κ2) is 12.3. The largest absolute Gasteiger partial charge is 0.252 e. The van der Waals surface area contributed by atoms with Gasteiger partial charge in [-0.3, -0.25) is 9.97 Å². The topological polar surface area (TPSA) is 34.5 Å². The van der Waals surface area contributed by atoms with E-state index in [-0.39, 0.29) is 0 Å². The van der Waals surface area contributed by atoms with Gasteiger partial charge in [-0.15, -0.1) is 0 Å². The van der Waals surface area contributed by atoms with Crippen molar-refractivity contribution in [3.63, 3.8) is 0 Å². The maximum Gasteiger partial charge on any atom is 0.187 e. The molecule has 4 nitrogen and oxygen atoms in total. The summed E-state index contributed by atoms with van der Waals surface area (Å²) in [6.07, 6.45) is 12.3. The molecule has 0 unspecified atom stereocenters. The van der Waals surface area contributed by atoms with Crippen molar-refractivity contribution in [2.24, 2.45) is 10.8 Å². The van der Waals surface area contributed by atoms with E-state index in [9.17, 15) is 0 Å². The Morgan fingerprint density at radius 1 is 0.622 bits per heavy atom. The van der Waals surface area contributed by atoms with Crippen molar-refractivity contribution in [1.29, 1.82) is 0 Å². The maximum atomic E-state index is 7.58. The van der Waals surface area contributed by atoms with E-state index in [4.69, 9.17) is 23.1 Å². The highest BCUT2D eigenvalue weighted by Crippen LogP contribution is 2.44. The number of rotatable bonds is 8. The third kappa shape index (κ3) is 6.72. The molecule has 2 aromatic carbocycles. The summed E-state index contributed by atoms with van der Waals surface area (Å²) in [5.41, 5.74) is 9.79. The fourth-order valence-electron chi connectivity index (χ4n) is 7.71. The summed E-state index contributed by atoms with van der Waals surface area (Å²) in [7, 11) is 0. The van der Waals surface area contributed by atoms with Gasteiger partial charge >= 0.3 is 0 Å². The van der Waals surface area contributed by atoms with E-state index >= 15 is 0 Å². The van der Waals surface area contributed by atoms with Crippen molar-refractivity contribution in [2.45, 2.75) is 97.3 Å². The summed E-state index contributed by atoms with van der Waals surface area (Å²) in [5, 5.41) is 0. The second-order valence-corrected chi connectivity index (χ2v) is 14.8. The third-order valence-electron chi connectivity index (χ3n) is 10.5. The lowest BCUT2D eigenvalue weighted by Gasteiger charge is -2.29. The number of pyridine rings is 2. The Kier molecular flexibility index (Phi) is 8.37. The van der Waals surface area contributed by atoms with Crippen LogP contribution in [0.2, 0.25) is 0 Å². The fraction of sp³-hybridized carbons (Fsp3) is 0.415. The van der Waals surface area contributed by atoms with E-state index in [1.165, 1.54) is 62.5 Å². The fourth-order valence-corrected chi connectivity index (χ4v) is 7.71. The van der Waals surface area contributed by atoms with Crippen LogP contribution in [0, 0.1) is 24.0 Å². The van der Waals surface area contributed by atoms with E-state index in [0.717, 1.165) is 46.7 Å². The molecule has 2 saturated carbocycles. The van der Waals surface area contributed by atoms with Gasteiger partial charge in [0.15, 0.2) is 11.4 Å². The van der Waals surface area contributed by atoms with Gasteiger partial charge in [0.25, 0.3) is 0 Å². The summed E-state index contributed by atoms with van der Waals surface area (Å²) in [5.74, 6) is 0. The first-order chi connectivity index (χ1) is 21.6. The molecule has 2 aromatic heterocycles. The molecular formula is C41H44N4. The SMILES string of the molecule is [C-]#[N+]c1cccc(-c2cc(CC3(C)CCCC3)cc(C(C)(C)c3cc(CC4(C)CCCC4)cc(-c4cccc([N+]#[C-])c4)n3)n2)c1. The molecule has 0 N–H and O–H groups in total. The van der Waals surface area contributed by atoms with Crippen molar-refractivity contribution < 1.29 is 0 Å². The average molecular weight is 593 g/mol. The monoisotopic (exact) mass is 592 g/mol. The zero-order chi connectivity index (χ0) is 31.7. The molecular weight excluding hydrogens is 548 g/mol. The number of hydrogen-bond acceptors (Lipinski definition) is 2. The molecule has 45 heavy (non-hydrogen) atoms. The van der Waals surface area contributed by atoms with Crippen molar-refractivity contribution in [2.75, 3.05) is 0 Å². The van der Waals surface area contributed by atoms with Gasteiger partial charge in [0.05, 0.1) is 35.9 Å². The molecule has 0 radical (unpaired) electrons. The molecule has 0 bridgehead atoms. The molecule has 0 spiro atoms. The van der Waals surface area contributed by atoms with Crippen LogP contribution < -0.4 is 0 Å². The summed E-state index contributed by atoms with van der Waals surface area (Å²) in [6.45, 7) is 24.5. The molecule has 0 saturated heterocycles. The zero-order valence-corrected chi connectivity index (χ0v) is 27.3. The van der Waals surface area contributed by atoms with Gasteiger partial charge in [0, 0.05) is 5.41 Å². The van der Waals surface area contributed by atoms with Gasteiger partial charge in [0.1, 0.15) is 0 Å². The second-order valence-electron chi connectivity index (χ2n) is 14.8. The predicted molar refractivity (Wildman–Crippen MR) is 185 cm³/mol. The van der Waals surface area contributed by atoms with Crippen LogP contribution in [0.5, 0.6) is 0 Å². The van der Waals surface area contributed by atoms with Crippen LogP contribution in [-0.4, -0.2) is 9.97 Å². The average Bonchev–Trinajstić information content (AvgIpc) is 3.68. The number of aromatic nitrogens is 2. The number of benzene rings is 2. The van der Waals surface area contributed by atoms with Gasteiger partial charge < -0.3 is 0 Å². The van der Waals surface area contributed by atoms with Gasteiger partial charge in [-0.2, -0.15) is 0 Å². The Morgan fingerprint density at radius 3 is 1.40 bits per heavy atom. The van der Waals surface area contributed by atoms with Crippen LogP contribution in [0.15, 0.2) is 72.8 Å². The van der Waals surface area contributed by atoms with Gasteiger partial charge in [-0.1, -0.05) is 75.9 Å². The Labute approximate surface area is 269 Å². The van der Waals surface area contributed by atoms with Gasteiger partial charge in [-0.05, 0) is 122 Å². The Morgan fingerprint density at radius 2 is 1.02 bits per heavy atom. The summed E-state index contributed by atoms with van der Waals surface area (Å²) >= 11 is 0. The maximum absolute atomic E-state index is 7.58. The summed E-state index contributed by atoms with van der Waals surface area (Å²) in [6, 6.07) is 24.8. The van der Waals surface area contributed by atoms with Crippen molar-refractivity contribution in [3.8, 4) is 22.5 Å². The summed E-state index contributed by atoms with van der Waals surface area (Å²) < 4.78 is 0. The van der Waals surface area contributed by atoms with E-state index in [2.05, 4.69) is 73.8 Å². The minimum absolute atomic E-state index is 0.300. The number of nitrogens with zero attached hydrogens (tertiary/aromatic N) is 4. The van der Waals surface area contributed by atoms with Gasteiger partial charge in [0.2, 0.25) is 0 Å². The third-order valence-corrected chi connectivity index (χ3v) is 10.5. The minimum atomic E-state index is -0.475. The Balaban J connectivity index is 1.49. The van der Waals surface area contributed by atoms with Crippen LogP contribution in [0.1, 0.15) is 102 Å². The number of hydrogen-bond donors (Lipinski definition) is 0. The lowest BCUT2D eigenvalue weighted by molar-refractivity contribution is 0.334. The van der Waals surface area contributed by atoms with Crippen molar-refractivity contribution in [3.05, 3.63) is 118 Å². The van der Waals surface area contributed by atoms with Crippen LogP contribution in [0.4, 0.5) is 11.4 Å². The molecule has 228 valence electrons. The van der Waals surface area contributed by atoms with Crippen molar-refractivity contribution >= 4 is 11.4 Å². The zero-order valence-electron chi connectivity index (χ0n) is 27.3.